The van der Waals surface area contributed by atoms with Gasteiger partial charge >= 0.3 is 0 Å². The first-order valence-electron chi connectivity index (χ1n) is 7.76. The standard InChI is InChI=1S/C16H17BrN4OS/c1-10-14(23-9-18-10)6-7-22-13-5-4-12-16(15(13)17)19-20-21(12)8-11-2-3-11/h4-5,9,11H,2-3,6-8H2,1H3. The summed E-state index contributed by atoms with van der Waals surface area (Å²) < 4.78 is 8.82. The van der Waals surface area contributed by atoms with Crippen molar-refractivity contribution in [3.05, 3.63) is 32.7 Å². The highest BCUT2D eigenvalue weighted by Crippen LogP contribution is 2.34. The van der Waals surface area contributed by atoms with Gasteiger partial charge in [0, 0.05) is 17.8 Å². The van der Waals surface area contributed by atoms with E-state index in [1.807, 2.05) is 23.2 Å². The van der Waals surface area contributed by atoms with E-state index in [-0.39, 0.29) is 0 Å². The molecule has 2 aromatic heterocycles. The molecule has 0 atom stereocenters. The summed E-state index contributed by atoms with van der Waals surface area (Å²) in [6.07, 6.45) is 3.48. The number of halogens is 1. The topological polar surface area (TPSA) is 52.8 Å². The number of hydrogen-bond acceptors (Lipinski definition) is 5. The van der Waals surface area contributed by atoms with Crippen LogP contribution in [0.1, 0.15) is 23.4 Å². The molecule has 1 aromatic carbocycles. The number of hydrogen-bond donors (Lipinski definition) is 0. The van der Waals surface area contributed by atoms with E-state index in [0.717, 1.165) is 45.8 Å². The molecule has 0 unspecified atom stereocenters. The Hall–Kier alpha value is -1.47. The maximum absolute atomic E-state index is 5.93. The zero-order valence-corrected chi connectivity index (χ0v) is 15.2. The van der Waals surface area contributed by atoms with E-state index < -0.39 is 0 Å². The van der Waals surface area contributed by atoms with Crippen LogP contribution in [-0.4, -0.2) is 26.6 Å². The molecule has 0 aliphatic heterocycles. The second-order valence-electron chi connectivity index (χ2n) is 5.92. The summed E-state index contributed by atoms with van der Waals surface area (Å²) in [5.74, 6) is 1.59. The van der Waals surface area contributed by atoms with E-state index in [0.29, 0.717) is 6.61 Å². The highest BCUT2D eigenvalue weighted by Gasteiger charge is 2.23. The Morgan fingerprint density at radius 1 is 1.39 bits per heavy atom. The number of rotatable bonds is 6. The molecule has 0 spiro atoms. The number of aromatic nitrogens is 4. The highest BCUT2D eigenvalue weighted by atomic mass is 79.9. The fraction of sp³-hybridized carbons (Fsp3) is 0.438. The van der Waals surface area contributed by atoms with E-state index in [1.165, 1.54) is 17.7 Å². The third-order valence-electron chi connectivity index (χ3n) is 4.15. The highest BCUT2D eigenvalue weighted by molar-refractivity contribution is 9.10. The SMILES string of the molecule is Cc1ncsc1CCOc1ccc2c(nnn2CC2CC2)c1Br. The lowest BCUT2D eigenvalue weighted by Gasteiger charge is -2.08. The number of thiazole rings is 1. The normalized spacial score (nSPS) is 14.5. The van der Waals surface area contributed by atoms with Crippen molar-refractivity contribution in [3.8, 4) is 5.75 Å². The van der Waals surface area contributed by atoms with Crippen molar-refractivity contribution in [2.75, 3.05) is 6.61 Å². The molecule has 1 fully saturated rings. The van der Waals surface area contributed by atoms with Crippen LogP contribution in [0.5, 0.6) is 5.75 Å². The predicted octanol–water partition coefficient (Wildman–Crippen LogP) is 3.99. The minimum atomic E-state index is 0.628. The maximum Gasteiger partial charge on any atom is 0.135 e. The summed E-state index contributed by atoms with van der Waals surface area (Å²) in [5.41, 5.74) is 4.91. The molecule has 3 aromatic rings. The predicted molar refractivity (Wildman–Crippen MR) is 94.0 cm³/mol. The van der Waals surface area contributed by atoms with Crippen LogP contribution in [0.3, 0.4) is 0 Å². The Morgan fingerprint density at radius 2 is 2.26 bits per heavy atom. The largest absolute Gasteiger partial charge is 0.492 e. The second-order valence-corrected chi connectivity index (χ2v) is 7.65. The number of nitrogens with zero attached hydrogens (tertiary/aromatic N) is 4. The molecule has 1 aliphatic carbocycles. The quantitative estimate of drug-likeness (QED) is 0.636. The summed E-state index contributed by atoms with van der Waals surface area (Å²) in [6, 6.07) is 4.05. The monoisotopic (exact) mass is 392 g/mol. The maximum atomic E-state index is 5.93. The first-order valence-corrected chi connectivity index (χ1v) is 9.43. The molecule has 0 amide bonds. The molecule has 1 saturated carbocycles. The van der Waals surface area contributed by atoms with Gasteiger partial charge in [0.2, 0.25) is 0 Å². The summed E-state index contributed by atoms with van der Waals surface area (Å²) >= 11 is 5.30. The molecule has 7 heteroatoms. The lowest BCUT2D eigenvalue weighted by molar-refractivity contribution is 0.321. The number of benzene rings is 1. The van der Waals surface area contributed by atoms with Crippen LogP contribution in [-0.2, 0) is 13.0 Å². The van der Waals surface area contributed by atoms with Crippen LogP contribution in [0.4, 0.5) is 0 Å². The average molecular weight is 393 g/mol. The van der Waals surface area contributed by atoms with Crippen molar-refractivity contribution in [2.45, 2.75) is 32.7 Å². The van der Waals surface area contributed by atoms with Crippen LogP contribution in [0, 0.1) is 12.8 Å². The van der Waals surface area contributed by atoms with E-state index in [4.69, 9.17) is 4.74 Å². The Balaban J connectivity index is 1.49. The molecule has 1 aliphatic rings. The fourth-order valence-electron chi connectivity index (χ4n) is 2.60. The number of fused-ring (bicyclic) bond motifs is 1. The fourth-order valence-corrected chi connectivity index (χ4v) is 3.89. The summed E-state index contributed by atoms with van der Waals surface area (Å²) in [7, 11) is 0. The van der Waals surface area contributed by atoms with Crippen molar-refractivity contribution in [1.82, 2.24) is 20.0 Å². The third kappa shape index (κ3) is 3.12. The molecule has 5 nitrogen and oxygen atoms in total. The van der Waals surface area contributed by atoms with Gasteiger partial charge in [0.25, 0.3) is 0 Å². The molecule has 120 valence electrons. The van der Waals surface area contributed by atoms with Crippen LogP contribution < -0.4 is 4.74 Å². The van der Waals surface area contributed by atoms with Gasteiger partial charge in [0.05, 0.1) is 27.8 Å². The second kappa shape index (κ2) is 6.20. The zero-order valence-electron chi connectivity index (χ0n) is 12.8. The Kier molecular flexibility index (Phi) is 4.07. The number of ether oxygens (including phenoxy) is 1. The minimum Gasteiger partial charge on any atom is -0.492 e. The molecule has 23 heavy (non-hydrogen) atoms. The Bertz CT molecular complexity index is 840. The van der Waals surface area contributed by atoms with Gasteiger partial charge in [-0.15, -0.1) is 16.4 Å². The van der Waals surface area contributed by atoms with Gasteiger partial charge in [-0.1, -0.05) is 5.21 Å². The molecule has 0 N–H and O–H groups in total. The van der Waals surface area contributed by atoms with Crippen molar-refractivity contribution >= 4 is 38.3 Å². The molecular weight excluding hydrogens is 376 g/mol. The summed E-state index contributed by atoms with van der Waals surface area (Å²) in [4.78, 5) is 5.54. The average Bonchev–Trinajstić information content (AvgIpc) is 3.12. The summed E-state index contributed by atoms with van der Waals surface area (Å²) in [5, 5.41) is 8.59. The van der Waals surface area contributed by atoms with Gasteiger partial charge in [-0.2, -0.15) is 0 Å². The third-order valence-corrected chi connectivity index (χ3v) is 5.91. The van der Waals surface area contributed by atoms with Gasteiger partial charge in [-0.05, 0) is 53.7 Å². The first-order chi connectivity index (χ1) is 11.2. The van der Waals surface area contributed by atoms with Gasteiger partial charge in [-0.25, -0.2) is 9.67 Å². The molecule has 4 rings (SSSR count). The Morgan fingerprint density at radius 3 is 3.00 bits per heavy atom. The molecule has 0 radical (unpaired) electrons. The molecule has 0 bridgehead atoms. The van der Waals surface area contributed by atoms with Crippen LogP contribution >= 0.6 is 27.3 Å². The number of aryl methyl sites for hydroxylation is 1. The van der Waals surface area contributed by atoms with Crippen LogP contribution in [0.25, 0.3) is 11.0 Å². The lowest BCUT2D eigenvalue weighted by Crippen LogP contribution is -2.03. The van der Waals surface area contributed by atoms with E-state index >= 15 is 0 Å². The van der Waals surface area contributed by atoms with Crippen molar-refractivity contribution in [3.63, 3.8) is 0 Å². The first kappa shape index (κ1) is 15.1. The minimum absolute atomic E-state index is 0.628. The smallest absolute Gasteiger partial charge is 0.135 e. The lowest BCUT2D eigenvalue weighted by atomic mass is 10.3. The van der Waals surface area contributed by atoms with Gasteiger partial charge in [0.15, 0.2) is 0 Å². The van der Waals surface area contributed by atoms with Crippen molar-refractivity contribution < 1.29 is 4.74 Å². The van der Waals surface area contributed by atoms with E-state index in [1.54, 1.807) is 11.3 Å². The molecular formula is C16H17BrN4OS. The molecule has 2 heterocycles. The zero-order chi connectivity index (χ0) is 15.8. The van der Waals surface area contributed by atoms with Crippen LogP contribution in [0.15, 0.2) is 22.1 Å². The van der Waals surface area contributed by atoms with E-state index in [9.17, 15) is 0 Å². The summed E-state index contributed by atoms with van der Waals surface area (Å²) in [6.45, 7) is 3.63. The van der Waals surface area contributed by atoms with Gasteiger partial charge < -0.3 is 4.74 Å². The van der Waals surface area contributed by atoms with Gasteiger partial charge in [0.1, 0.15) is 11.3 Å². The Labute approximate surface area is 146 Å². The van der Waals surface area contributed by atoms with Crippen molar-refractivity contribution in [2.24, 2.45) is 5.92 Å². The van der Waals surface area contributed by atoms with Gasteiger partial charge in [-0.3, -0.25) is 0 Å². The van der Waals surface area contributed by atoms with E-state index in [2.05, 4.69) is 37.3 Å². The van der Waals surface area contributed by atoms with Crippen LogP contribution in [0.2, 0.25) is 0 Å². The molecule has 0 saturated heterocycles. The van der Waals surface area contributed by atoms with Crippen molar-refractivity contribution in [1.29, 1.82) is 0 Å².